The van der Waals surface area contributed by atoms with Crippen molar-refractivity contribution in [1.29, 1.82) is 0 Å². The molecule has 5 aromatic rings. The van der Waals surface area contributed by atoms with E-state index in [0.29, 0.717) is 46.5 Å². The van der Waals surface area contributed by atoms with Gasteiger partial charge in [-0.05, 0) is 68.0 Å². The molecule has 2 saturated heterocycles. The van der Waals surface area contributed by atoms with E-state index in [1.165, 1.54) is 24.8 Å². The molecule has 2 aliphatic heterocycles. The van der Waals surface area contributed by atoms with Gasteiger partial charge < -0.3 is 15.0 Å². The molecule has 3 aliphatic rings. The molecule has 4 aromatic heterocycles. The molecule has 11 heteroatoms. The van der Waals surface area contributed by atoms with Crippen LogP contribution in [0, 0.1) is 18.7 Å². The molecule has 41 heavy (non-hydrogen) atoms. The van der Waals surface area contributed by atoms with Crippen LogP contribution in [0.4, 0.5) is 15.9 Å². The lowest BCUT2D eigenvalue weighted by atomic mass is 9.70. The lowest BCUT2D eigenvalue weighted by molar-refractivity contribution is -0.134. The van der Waals surface area contributed by atoms with Crippen molar-refractivity contribution in [2.24, 2.45) is 5.92 Å². The summed E-state index contributed by atoms with van der Waals surface area (Å²) in [5, 5.41) is 7.21. The Bertz CT molecular complexity index is 1820. The van der Waals surface area contributed by atoms with Gasteiger partial charge in [-0.3, -0.25) is 4.79 Å². The summed E-state index contributed by atoms with van der Waals surface area (Å²) in [6, 6.07) is 10.6. The van der Waals surface area contributed by atoms with Gasteiger partial charge >= 0.3 is 0 Å². The number of rotatable bonds is 6. The molecule has 0 spiro atoms. The highest BCUT2D eigenvalue weighted by molar-refractivity contribution is 5.88. The van der Waals surface area contributed by atoms with Crippen LogP contribution < -0.4 is 10.1 Å². The van der Waals surface area contributed by atoms with Crippen molar-refractivity contribution < 1.29 is 13.9 Å². The number of ether oxygens (including phenoxy) is 1. The van der Waals surface area contributed by atoms with Crippen LogP contribution in [-0.4, -0.2) is 52.9 Å². The van der Waals surface area contributed by atoms with Crippen LogP contribution in [0.15, 0.2) is 67.9 Å². The number of hydrogen-bond acceptors (Lipinski definition) is 8. The number of nitrogens with one attached hydrogen (secondary N) is 1. The molecule has 1 aliphatic carbocycles. The van der Waals surface area contributed by atoms with Gasteiger partial charge in [-0.25, -0.2) is 28.8 Å². The maximum Gasteiger partial charge on any atom is 0.246 e. The number of nitrogens with zero attached hydrogens (tertiary/aromatic N) is 7. The smallest absolute Gasteiger partial charge is 0.246 e. The monoisotopic (exact) mass is 550 g/mol. The zero-order valence-corrected chi connectivity index (χ0v) is 22.4. The Hall–Kier alpha value is -4.93. The number of hydrogen-bond donors (Lipinski definition) is 1. The molecule has 8 rings (SSSR count). The summed E-state index contributed by atoms with van der Waals surface area (Å²) < 4.78 is 22.9. The summed E-state index contributed by atoms with van der Waals surface area (Å²) in [6.07, 6.45) is 8.94. The predicted octanol–water partition coefficient (Wildman–Crippen LogP) is 5.33. The molecule has 6 heterocycles. The number of carbonyl (C=O) groups excluding carboxylic acids is 1. The summed E-state index contributed by atoms with van der Waals surface area (Å²) in [7, 11) is 0. The molecular weight excluding hydrogens is 523 g/mol. The average molecular weight is 551 g/mol. The molecule has 1 N–H and O–H groups in total. The minimum Gasteiger partial charge on any atom is -0.457 e. The van der Waals surface area contributed by atoms with Crippen molar-refractivity contribution in [3.8, 4) is 11.5 Å². The zero-order valence-electron chi connectivity index (χ0n) is 22.4. The fourth-order valence-electron chi connectivity index (χ4n) is 6.10. The molecule has 1 amide bonds. The first-order valence-corrected chi connectivity index (χ1v) is 13.6. The summed E-state index contributed by atoms with van der Waals surface area (Å²) >= 11 is 0. The molecule has 2 bridgehead atoms. The highest BCUT2D eigenvalue weighted by atomic mass is 19.1. The van der Waals surface area contributed by atoms with Crippen molar-refractivity contribution in [3.05, 3.63) is 85.0 Å². The van der Waals surface area contributed by atoms with Crippen molar-refractivity contribution in [1.82, 2.24) is 34.4 Å². The van der Waals surface area contributed by atoms with Crippen molar-refractivity contribution in [3.63, 3.8) is 0 Å². The lowest BCUT2D eigenvalue weighted by Crippen LogP contribution is -2.53. The summed E-state index contributed by atoms with van der Waals surface area (Å²) in [4.78, 5) is 32.2. The summed E-state index contributed by atoms with van der Waals surface area (Å²) in [5.41, 5.74) is 3.80. The molecule has 0 radical (unpaired) electrons. The number of carbonyl (C=O) groups is 1. The number of anilines is 2. The van der Waals surface area contributed by atoms with E-state index in [0.717, 1.165) is 30.5 Å². The van der Waals surface area contributed by atoms with Crippen LogP contribution in [0.1, 0.15) is 36.4 Å². The van der Waals surface area contributed by atoms with Crippen LogP contribution in [0.5, 0.6) is 11.5 Å². The standard InChI is InChI=1S/C30H27FN8O2/c1-3-28(40)38-14-18-4-5-19(38)11-21(18)23-6-7-24-29(36-23)30(34-15-32-24)37-25-10-17(2)26(13-22(25)31)41-20-8-9-39-27(12-20)33-16-35-39/h3,6-10,12-13,15-16,18-19,21H,1,4-5,11,14H2,2H3,(H,32,34,37)/t18-,19-,21+/m1/s1. The highest BCUT2D eigenvalue weighted by Gasteiger charge is 2.42. The van der Waals surface area contributed by atoms with Gasteiger partial charge in [0.05, 0.1) is 11.2 Å². The average Bonchev–Trinajstić information content (AvgIpc) is 3.47. The number of aryl methyl sites for hydroxylation is 1. The Balaban J connectivity index is 1.15. The van der Waals surface area contributed by atoms with Gasteiger partial charge in [-0.1, -0.05) is 6.58 Å². The van der Waals surface area contributed by atoms with Gasteiger partial charge in [0.2, 0.25) is 5.91 Å². The fraction of sp³-hybridized carbons (Fsp3) is 0.267. The van der Waals surface area contributed by atoms with Gasteiger partial charge in [-0.15, -0.1) is 0 Å². The van der Waals surface area contributed by atoms with Gasteiger partial charge in [-0.2, -0.15) is 5.10 Å². The van der Waals surface area contributed by atoms with E-state index in [1.54, 1.807) is 28.9 Å². The number of amides is 1. The van der Waals surface area contributed by atoms with E-state index in [-0.39, 0.29) is 23.6 Å². The third kappa shape index (κ3) is 4.52. The second-order valence-corrected chi connectivity index (χ2v) is 10.6. The molecular formula is C30H27FN8O2. The Morgan fingerprint density at radius 2 is 2.05 bits per heavy atom. The van der Waals surface area contributed by atoms with Crippen LogP contribution in [0.2, 0.25) is 0 Å². The number of pyridine rings is 2. The summed E-state index contributed by atoms with van der Waals surface area (Å²) in [6.45, 7) is 6.21. The number of fused-ring (bicyclic) bond motifs is 5. The zero-order chi connectivity index (χ0) is 28.1. The highest BCUT2D eigenvalue weighted by Crippen LogP contribution is 2.45. The largest absolute Gasteiger partial charge is 0.457 e. The first-order chi connectivity index (χ1) is 20.0. The van der Waals surface area contributed by atoms with Crippen molar-refractivity contribution in [2.75, 3.05) is 11.9 Å². The molecule has 3 fully saturated rings. The van der Waals surface area contributed by atoms with Crippen LogP contribution >= 0.6 is 0 Å². The number of halogens is 1. The van der Waals surface area contributed by atoms with Crippen LogP contribution in [-0.2, 0) is 4.79 Å². The molecule has 10 nitrogen and oxygen atoms in total. The van der Waals surface area contributed by atoms with Crippen LogP contribution in [0.25, 0.3) is 16.7 Å². The third-order valence-electron chi connectivity index (χ3n) is 8.18. The third-order valence-corrected chi connectivity index (χ3v) is 8.18. The molecule has 1 saturated carbocycles. The second kappa shape index (κ2) is 9.92. The molecule has 0 unspecified atom stereocenters. The Kier molecular flexibility index (Phi) is 6.06. The number of piperidine rings is 2. The Morgan fingerprint density at radius 1 is 1.15 bits per heavy atom. The second-order valence-electron chi connectivity index (χ2n) is 10.6. The number of aromatic nitrogens is 6. The number of benzene rings is 1. The Morgan fingerprint density at radius 3 is 2.88 bits per heavy atom. The van der Waals surface area contributed by atoms with Gasteiger partial charge in [0, 0.05) is 42.5 Å². The molecule has 1 aromatic carbocycles. The SMILES string of the molecule is C=CC(=O)N1C[C@H]2CC[C@@H]1C[C@@H]2c1ccc2ncnc(Nc3cc(C)c(Oc4ccn5ncnc5c4)cc3F)c2n1. The van der Waals surface area contributed by atoms with Crippen molar-refractivity contribution >= 4 is 34.1 Å². The predicted molar refractivity (Wildman–Crippen MR) is 151 cm³/mol. The lowest BCUT2D eigenvalue weighted by Gasteiger charge is -2.49. The fourth-order valence-corrected chi connectivity index (χ4v) is 6.10. The first kappa shape index (κ1) is 25.1. The van der Waals surface area contributed by atoms with Gasteiger partial charge in [0.1, 0.15) is 35.5 Å². The van der Waals surface area contributed by atoms with E-state index in [4.69, 9.17) is 9.72 Å². The van der Waals surface area contributed by atoms with Crippen LogP contribution in [0.3, 0.4) is 0 Å². The van der Waals surface area contributed by atoms with E-state index in [1.807, 2.05) is 24.0 Å². The first-order valence-electron chi connectivity index (χ1n) is 13.6. The quantitative estimate of drug-likeness (QED) is 0.283. The van der Waals surface area contributed by atoms with Gasteiger partial charge in [0.25, 0.3) is 0 Å². The van der Waals surface area contributed by atoms with E-state index in [9.17, 15) is 4.79 Å². The van der Waals surface area contributed by atoms with Gasteiger partial charge in [0.15, 0.2) is 11.5 Å². The minimum absolute atomic E-state index is 0.00497. The van der Waals surface area contributed by atoms with E-state index >= 15 is 4.39 Å². The molecule has 206 valence electrons. The summed E-state index contributed by atoms with van der Waals surface area (Å²) in [5.74, 6) is 1.40. The van der Waals surface area contributed by atoms with E-state index in [2.05, 4.69) is 31.9 Å². The topological polar surface area (TPSA) is 110 Å². The maximum atomic E-state index is 15.4. The van der Waals surface area contributed by atoms with Crippen molar-refractivity contribution in [2.45, 2.75) is 38.1 Å². The minimum atomic E-state index is -0.492. The molecule has 3 atom stereocenters. The maximum absolute atomic E-state index is 15.4. The normalized spacial score (nSPS) is 20.0. The Labute approximate surface area is 234 Å². The van der Waals surface area contributed by atoms with E-state index < -0.39 is 5.82 Å².